The van der Waals surface area contributed by atoms with E-state index in [0.29, 0.717) is 30.0 Å². The first kappa shape index (κ1) is 19.2. The minimum Gasteiger partial charge on any atom is -0.496 e. The van der Waals surface area contributed by atoms with Gasteiger partial charge in [0, 0.05) is 11.6 Å². The molecule has 0 saturated heterocycles. The average Bonchev–Trinajstić information content (AvgIpc) is 2.75. The molecule has 0 aromatic heterocycles. The van der Waals surface area contributed by atoms with Crippen molar-refractivity contribution in [2.45, 2.75) is 6.61 Å². The van der Waals surface area contributed by atoms with E-state index in [2.05, 4.69) is 22.9 Å². The molecule has 0 radical (unpaired) electrons. The van der Waals surface area contributed by atoms with Crippen molar-refractivity contribution >= 4 is 29.1 Å². The summed E-state index contributed by atoms with van der Waals surface area (Å²) in [4.78, 5) is 22.7. The molecule has 0 unspecified atom stereocenters. The molecule has 142 valence electrons. The van der Waals surface area contributed by atoms with Gasteiger partial charge in [0.2, 0.25) is 0 Å². The van der Waals surface area contributed by atoms with Crippen molar-refractivity contribution in [2.75, 3.05) is 14.2 Å². The van der Waals surface area contributed by atoms with Gasteiger partial charge in [0.05, 0.1) is 14.2 Å². The highest BCUT2D eigenvalue weighted by atomic mass is 16.5. The average molecular weight is 376 g/mol. The highest BCUT2D eigenvalue weighted by Crippen LogP contribution is 2.28. The van der Waals surface area contributed by atoms with E-state index in [1.165, 1.54) is 20.3 Å². The molecular weight excluding hydrogens is 356 g/mol. The van der Waals surface area contributed by atoms with Crippen LogP contribution in [-0.2, 0) is 20.9 Å². The summed E-state index contributed by atoms with van der Waals surface area (Å²) in [5, 5.41) is 2.30. The maximum Gasteiger partial charge on any atom is 0.341 e. The minimum absolute atomic E-state index is 0.0924. The monoisotopic (exact) mass is 376 g/mol. The standard InChI is InChI=1S/C23H20O5/c1-26-22-13-20(11-10-17(22)12-19(14-24)23(25)27-2)28-15-18-8-5-7-16-6-3-4-9-21(16)18/h3-14H,15H2,1-2H3/b19-12+. The number of hydrogen-bond acceptors (Lipinski definition) is 5. The first-order valence-electron chi connectivity index (χ1n) is 8.69. The zero-order chi connectivity index (χ0) is 19.9. The van der Waals surface area contributed by atoms with Crippen LogP contribution in [0.4, 0.5) is 0 Å². The van der Waals surface area contributed by atoms with Crippen LogP contribution in [0, 0.1) is 0 Å². The number of carbonyl (C=O) groups excluding carboxylic acids is 2. The number of hydrogen-bond donors (Lipinski definition) is 0. The van der Waals surface area contributed by atoms with Gasteiger partial charge in [-0.05, 0) is 34.5 Å². The Morgan fingerprint density at radius 3 is 2.54 bits per heavy atom. The zero-order valence-corrected chi connectivity index (χ0v) is 15.7. The van der Waals surface area contributed by atoms with E-state index < -0.39 is 5.97 Å². The van der Waals surface area contributed by atoms with Gasteiger partial charge in [0.25, 0.3) is 0 Å². The Morgan fingerprint density at radius 1 is 1.00 bits per heavy atom. The summed E-state index contributed by atoms with van der Waals surface area (Å²) in [6.07, 6.45) is 1.88. The van der Waals surface area contributed by atoms with Gasteiger partial charge in [-0.25, -0.2) is 4.79 Å². The summed E-state index contributed by atoms with van der Waals surface area (Å²) in [7, 11) is 2.74. The second-order valence-electron chi connectivity index (χ2n) is 6.04. The summed E-state index contributed by atoms with van der Waals surface area (Å²) >= 11 is 0. The van der Waals surface area contributed by atoms with E-state index in [-0.39, 0.29) is 5.57 Å². The van der Waals surface area contributed by atoms with Crippen molar-refractivity contribution in [1.29, 1.82) is 0 Å². The Kier molecular flexibility index (Phi) is 6.07. The number of methoxy groups -OCH3 is 2. The minimum atomic E-state index is -0.701. The SMILES string of the molecule is COC(=O)/C(C=O)=C/c1ccc(OCc2cccc3ccccc23)cc1OC. The quantitative estimate of drug-likeness (QED) is 0.203. The van der Waals surface area contributed by atoms with Crippen LogP contribution in [0.1, 0.15) is 11.1 Å². The molecular formula is C23H20O5. The van der Waals surface area contributed by atoms with Crippen molar-refractivity contribution in [2.24, 2.45) is 0 Å². The second-order valence-corrected chi connectivity index (χ2v) is 6.04. The van der Waals surface area contributed by atoms with Crippen LogP contribution in [0.2, 0.25) is 0 Å². The molecule has 0 spiro atoms. The van der Waals surface area contributed by atoms with Crippen molar-refractivity contribution in [3.8, 4) is 11.5 Å². The third kappa shape index (κ3) is 4.20. The molecule has 3 rings (SSSR count). The summed E-state index contributed by atoms with van der Waals surface area (Å²) in [5.74, 6) is 0.402. The Bertz CT molecular complexity index is 1030. The second kappa shape index (κ2) is 8.86. The first-order chi connectivity index (χ1) is 13.7. The molecule has 0 atom stereocenters. The fourth-order valence-corrected chi connectivity index (χ4v) is 2.91. The summed E-state index contributed by atoms with van der Waals surface area (Å²) in [6, 6.07) is 19.4. The number of rotatable bonds is 7. The van der Waals surface area contributed by atoms with Crippen LogP contribution < -0.4 is 9.47 Å². The number of aldehydes is 1. The first-order valence-corrected chi connectivity index (χ1v) is 8.69. The van der Waals surface area contributed by atoms with E-state index >= 15 is 0 Å². The van der Waals surface area contributed by atoms with Gasteiger partial charge in [-0.3, -0.25) is 4.79 Å². The predicted molar refractivity (Wildman–Crippen MR) is 107 cm³/mol. The fraction of sp³-hybridized carbons (Fsp3) is 0.130. The van der Waals surface area contributed by atoms with Crippen LogP contribution in [-0.4, -0.2) is 26.5 Å². The number of benzene rings is 3. The molecule has 28 heavy (non-hydrogen) atoms. The van der Waals surface area contributed by atoms with E-state index in [9.17, 15) is 9.59 Å². The van der Waals surface area contributed by atoms with Gasteiger partial charge in [-0.15, -0.1) is 0 Å². The lowest BCUT2D eigenvalue weighted by atomic mass is 10.1. The molecule has 5 heteroatoms. The molecule has 0 fully saturated rings. The van der Waals surface area contributed by atoms with E-state index in [4.69, 9.17) is 9.47 Å². The van der Waals surface area contributed by atoms with Crippen molar-refractivity contribution in [1.82, 2.24) is 0 Å². The van der Waals surface area contributed by atoms with Crippen molar-refractivity contribution in [3.05, 3.63) is 77.4 Å². The van der Waals surface area contributed by atoms with Crippen LogP contribution in [0.5, 0.6) is 11.5 Å². The van der Waals surface area contributed by atoms with Crippen LogP contribution >= 0.6 is 0 Å². The fourth-order valence-electron chi connectivity index (χ4n) is 2.91. The van der Waals surface area contributed by atoms with Gasteiger partial charge in [-0.1, -0.05) is 42.5 Å². The maximum absolute atomic E-state index is 11.6. The maximum atomic E-state index is 11.6. The molecule has 3 aromatic carbocycles. The lowest BCUT2D eigenvalue weighted by molar-refractivity contribution is -0.136. The molecule has 0 aliphatic carbocycles. The molecule has 5 nitrogen and oxygen atoms in total. The molecule has 0 heterocycles. The third-order valence-electron chi connectivity index (χ3n) is 4.34. The van der Waals surface area contributed by atoms with E-state index in [1.54, 1.807) is 18.2 Å². The van der Waals surface area contributed by atoms with Crippen LogP contribution in [0.15, 0.2) is 66.2 Å². The van der Waals surface area contributed by atoms with Gasteiger partial charge in [0.15, 0.2) is 6.29 Å². The van der Waals surface area contributed by atoms with E-state index in [1.807, 2.05) is 24.3 Å². The van der Waals surface area contributed by atoms with E-state index in [0.717, 1.165) is 16.3 Å². The highest BCUT2D eigenvalue weighted by Gasteiger charge is 2.11. The normalized spacial score (nSPS) is 11.1. The lowest BCUT2D eigenvalue weighted by Crippen LogP contribution is -2.05. The molecule has 0 amide bonds. The molecule has 0 saturated carbocycles. The highest BCUT2D eigenvalue weighted by molar-refractivity contribution is 6.12. The van der Waals surface area contributed by atoms with Gasteiger partial charge in [-0.2, -0.15) is 0 Å². The number of fused-ring (bicyclic) bond motifs is 1. The Labute approximate surface area is 163 Å². The largest absolute Gasteiger partial charge is 0.496 e. The third-order valence-corrected chi connectivity index (χ3v) is 4.34. The van der Waals surface area contributed by atoms with Gasteiger partial charge < -0.3 is 14.2 Å². The van der Waals surface area contributed by atoms with Gasteiger partial charge >= 0.3 is 5.97 Å². The number of carbonyl (C=O) groups is 2. The molecule has 0 aliphatic rings. The summed E-state index contributed by atoms with van der Waals surface area (Å²) in [6.45, 7) is 0.404. The van der Waals surface area contributed by atoms with Gasteiger partial charge in [0.1, 0.15) is 23.7 Å². The molecule has 3 aromatic rings. The number of ether oxygens (including phenoxy) is 3. The lowest BCUT2D eigenvalue weighted by Gasteiger charge is -2.12. The predicted octanol–water partition coefficient (Wildman–Crippen LogP) is 4.18. The Morgan fingerprint density at radius 2 is 1.79 bits per heavy atom. The summed E-state index contributed by atoms with van der Waals surface area (Å²) in [5.41, 5.74) is 1.56. The Hall–Kier alpha value is -3.60. The molecule has 0 bridgehead atoms. The number of esters is 1. The zero-order valence-electron chi connectivity index (χ0n) is 15.7. The Balaban J connectivity index is 1.83. The molecule has 0 aliphatic heterocycles. The van der Waals surface area contributed by atoms with Crippen LogP contribution in [0.25, 0.3) is 16.8 Å². The smallest absolute Gasteiger partial charge is 0.341 e. The topological polar surface area (TPSA) is 61.8 Å². The molecule has 0 N–H and O–H groups in total. The van der Waals surface area contributed by atoms with Crippen molar-refractivity contribution in [3.63, 3.8) is 0 Å². The van der Waals surface area contributed by atoms with Crippen molar-refractivity contribution < 1.29 is 23.8 Å². The van der Waals surface area contributed by atoms with Crippen LogP contribution in [0.3, 0.4) is 0 Å². The summed E-state index contributed by atoms with van der Waals surface area (Å²) < 4.78 is 15.9.